The highest BCUT2D eigenvalue weighted by Crippen LogP contribution is 2.22. The summed E-state index contributed by atoms with van der Waals surface area (Å²) in [5.74, 6) is 0.310. The molecule has 0 aliphatic rings. The van der Waals surface area contributed by atoms with Crippen molar-refractivity contribution in [3.63, 3.8) is 0 Å². The molecule has 0 aromatic heterocycles. The highest BCUT2D eigenvalue weighted by atomic mass is 127. The summed E-state index contributed by atoms with van der Waals surface area (Å²) in [6.07, 6.45) is 0. The molecule has 0 aliphatic carbocycles. The summed E-state index contributed by atoms with van der Waals surface area (Å²) in [4.78, 5) is 14.7. The van der Waals surface area contributed by atoms with Crippen LogP contribution in [0.2, 0.25) is 0 Å². The normalized spacial score (nSPS) is 10.7. The number of nitrogens with two attached hydrogens (primary N) is 1. The maximum atomic E-state index is 10.9. The first-order valence-electron chi connectivity index (χ1n) is 7.58. The fourth-order valence-electron chi connectivity index (χ4n) is 2.38. The number of hydrogen-bond donors (Lipinski definition) is 3. The minimum atomic E-state index is -0.415. The molecule has 0 spiro atoms. The molecule has 0 fully saturated rings. The van der Waals surface area contributed by atoms with E-state index >= 15 is 0 Å². The Kier molecular flexibility index (Phi) is 8.12. The lowest BCUT2D eigenvalue weighted by molar-refractivity contribution is -0.384. The van der Waals surface area contributed by atoms with Gasteiger partial charge in [-0.2, -0.15) is 0 Å². The molecule has 134 valence electrons. The number of halogens is 1. The number of guanidine groups is 1. The molecular formula is C17H22IN5O2. The van der Waals surface area contributed by atoms with Crippen LogP contribution in [0.4, 0.5) is 17.1 Å². The topological polar surface area (TPSA) is 106 Å². The Morgan fingerprint density at radius 1 is 1.20 bits per heavy atom. The van der Waals surface area contributed by atoms with Gasteiger partial charge in [-0.15, -0.1) is 24.0 Å². The minimum Gasteiger partial charge on any atom is -0.378 e. The van der Waals surface area contributed by atoms with Gasteiger partial charge in [0.15, 0.2) is 5.96 Å². The Labute approximate surface area is 163 Å². The van der Waals surface area contributed by atoms with Gasteiger partial charge in [0.2, 0.25) is 0 Å². The van der Waals surface area contributed by atoms with Crippen LogP contribution in [0.3, 0.4) is 0 Å². The summed E-state index contributed by atoms with van der Waals surface area (Å²) < 4.78 is 0. The molecule has 2 aromatic rings. The average Bonchev–Trinajstić information content (AvgIpc) is 2.50. The van der Waals surface area contributed by atoms with E-state index in [-0.39, 0.29) is 29.7 Å². The zero-order valence-corrected chi connectivity index (χ0v) is 16.5. The average molecular weight is 455 g/mol. The minimum absolute atomic E-state index is 0. The van der Waals surface area contributed by atoms with E-state index in [1.807, 2.05) is 26.0 Å². The lowest BCUT2D eigenvalue weighted by atomic mass is 10.1. The summed E-state index contributed by atoms with van der Waals surface area (Å²) in [6.45, 7) is 4.88. The number of nitrogens with zero attached hydrogens (tertiary/aromatic N) is 2. The third-order valence-electron chi connectivity index (χ3n) is 3.30. The Bertz CT molecular complexity index is 744. The quantitative estimate of drug-likeness (QED) is 0.154. The molecule has 7 nitrogen and oxygen atoms in total. The lowest BCUT2D eigenvalue weighted by Gasteiger charge is -2.09. The monoisotopic (exact) mass is 455 g/mol. The molecular weight excluding hydrogens is 433 g/mol. The zero-order valence-electron chi connectivity index (χ0n) is 14.2. The summed E-state index contributed by atoms with van der Waals surface area (Å²) in [7, 11) is 0. The van der Waals surface area contributed by atoms with E-state index in [1.165, 1.54) is 6.07 Å². The Morgan fingerprint density at radius 2 is 1.84 bits per heavy atom. The number of rotatable bonds is 6. The van der Waals surface area contributed by atoms with E-state index < -0.39 is 4.92 Å². The first-order valence-corrected chi connectivity index (χ1v) is 7.58. The summed E-state index contributed by atoms with van der Waals surface area (Å²) in [6, 6.07) is 12.6. The van der Waals surface area contributed by atoms with Crippen molar-refractivity contribution in [3.05, 3.63) is 63.7 Å². The predicted octanol–water partition coefficient (Wildman–Crippen LogP) is 3.67. The number of nitrogens with one attached hydrogen (secondary N) is 2. The second-order valence-corrected chi connectivity index (χ2v) is 5.47. The molecule has 0 amide bonds. The van der Waals surface area contributed by atoms with Crippen molar-refractivity contribution in [1.29, 1.82) is 0 Å². The van der Waals surface area contributed by atoms with Gasteiger partial charge < -0.3 is 16.4 Å². The number of hydrogen-bond acceptors (Lipinski definition) is 4. The summed E-state index contributed by atoms with van der Waals surface area (Å²) >= 11 is 0. The van der Waals surface area contributed by atoms with Gasteiger partial charge in [0, 0.05) is 18.3 Å². The molecule has 0 radical (unpaired) electrons. The van der Waals surface area contributed by atoms with Crippen LogP contribution in [0.5, 0.6) is 0 Å². The van der Waals surface area contributed by atoms with Gasteiger partial charge in [-0.25, -0.2) is 0 Å². The lowest BCUT2D eigenvalue weighted by Crippen LogP contribution is -2.24. The van der Waals surface area contributed by atoms with E-state index in [2.05, 4.69) is 21.7 Å². The second-order valence-electron chi connectivity index (χ2n) is 5.47. The van der Waals surface area contributed by atoms with E-state index in [0.29, 0.717) is 24.7 Å². The van der Waals surface area contributed by atoms with Gasteiger partial charge in [-0.05, 0) is 43.2 Å². The van der Waals surface area contributed by atoms with Gasteiger partial charge in [-0.3, -0.25) is 15.1 Å². The molecule has 4 N–H and O–H groups in total. The van der Waals surface area contributed by atoms with Crippen LogP contribution >= 0.6 is 24.0 Å². The fourth-order valence-corrected chi connectivity index (χ4v) is 2.38. The van der Waals surface area contributed by atoms with Crippen LogP contribution < -0.4 is 16.4 Å². The number of nitro benzene ring substituents is 1. The molecule has 0 saturated carbocycles. The van der Waals surface area contributed by atoms with Crippen molar-refractivity contribution in [3.8, 4) is 0 Å². The van der Waals surface area contributed by atoms with Gasteiger partial charge in [0.25, 0.3) is 5.69 Å². The van der Waals surface area contributed by atoms with Crippen LogP contribution in [0, 0.1) is 24.0 Å². The van der Waals surface area contributed by atoms with Crippen LogP contribution in [0.1, 0.15) is 11.1 Å². The molecule has 0 heterocycles. The highest BCUT2D eigenvalue weighted by Gasteiger charge is 2.10. The summed E-state index contributed by atoms with van der Waals surface area (Å²) in [5.41, 5.74) is 9.55. The second kappa shape index (κ2) is 9.82. The number of benzene rings is 2. The molecule has 2 aromatic carbocycles. The molecule has 8 heteroatoms. The van der Waals surface area contributed by atoms with E-state index in [1.54, 1.807) is 18.2 Å². The van der Waals surface area contributed by atoms with Crippen molar-refractivity contribution in [2.45, 2.75) is 13.8 Å². The largest absolute Gasteiger partial charge is 0.378 e. The maximum absolute atomic E-state index is 10.9. The molecule has 0 atom stereocenters. The molecule has 25 heavy (non-hydrogen) atoms. The molecule has 0 aliphatic heterocycles. The first kappa shape index (κ1) is 20.7. The van der Waals surface area contributed by atoms with Crippen LogP contribution in [-0.2, 0) is 0 Å². The SMILES string of the molecule is Cc1cc(C)cc(NC(N)=NCCNc2ccccc2[N+](=O)[O-])c1.I. The third-order valence-corrected chi connectivity index (χ3v) is 3.30. The molecule has 0 bridgehead atoms. The third kappa shape index (κ3) is 6.57. The molecule has 0 unspecified atom stereocenters. The number of anilines is 2. The van der Waals surface area contributed by atoms with Crippen molar-refractivity contribution >= 4 is 47.0 Å². The zero-order chi connectivity index (χ0) is 17.5. The predicted molar refractivity (Wildman–Crippen MR) is 113 cm³/mol. The van der Waals surface area contributed by atoms with Gasteiger partial charge in [-0.1, -0.05) is 18.2 Å². The first-order chi connectivity index (χ1) is 11.5. The van der Waals surface area contributed by atoms with Crippen LogP contribution in [0.15, 0.2) is 47.5 Å². The van der Waals surface area contributed by atoms with E-state index in [0.717, 1.165) is 16.8 Å². The van der Waals surface area contributed by atoms with Crippen LogP contribution in [0.25, 0.3) is 0 Å². The van der Waals surface area contributed by atoms with Gasteiger partial charge in [0.05, 0.1) is 11.5 Å². The van der Waals surface area contributed by atoms with Crippen molar-refractivity contribution in [2.24, 2.45) is 10.7 Å². The van der Waals surface area contributed by atoms with Gasteiger partial charge >= 0.3 is 0 Å². The number of para-hydroxylation sites is 2. The Balaban J connectivity index is 0.00000312. The van der Waals surface area contributed by atoms with Crippen LogP contribution in [-0.4, -0.2) is 24.0 Å². The maximum Gasteiger partial charge on any atom is 0.292 e. The number of aliphatic imine (C=N–C) groups is 1. The standard InChI is InChI=1S/C17H21N5O2.HI/c1-12-9-13(2)11-14(10-12)21-17(18)20-8-7-19-15-5-3-4-6-16(15)22(23)24;/h3-6,9-11,19H,7-8H2,1-2H3,(H3,18,20,21);1H. The summed E-state index contributed by atoms with van der Waals surface area (Å²) in [5, 5.41) is 17.0. The van der Waals surface area contributed by atoms with Crippen molar-refractivity contribution in [2.75, 3.05) is 23.7 Å². The van der Waals surface area contributed by atoms with Crippen molar-refractivity contribution < 1.29 is 4.92 Å². The molecule has 0 saturated heterocycles. The van der Waals surface area contributed by atoms with Crippen molar-refractivity contribution in [1.82, 2.24) is 0 Å². The number of aryl methyl sites for hydroxylation is 2. The smallest absolute Gasteiger partial charge is 0.292 e. The highest BCUT2D eigenvalue weighted by molar-refractivity contribution is 14.0. The molecule has 2 rings (SSSR count). The fraction of sp³-hybridized carbons (Fsp3) is 0.235. The van der Waals surface area contributed by atoms with E-state index in [9.17, 15) is 10.1 Å². The van der Waals surface area contributed by atoms with E-state index in [4.69, 9.17) is 5.73 Å². The number of nitro groups is 1. The Morgan fingerprint density at radius 3 is 2.48 bits per heavy atom. The van der Waals surface area contributed by atoms with Gasteiger partial charge in [0.1, 0.15) is 5.69 Å². The Hall–Kier alpha value is -2.36.